The van der Waals surface area contributed by atoms with Gasteiger partial charge in [0.1, 0.15) is 6.29 Å². The van der Waals surface area contributed by atoms with Gasteiger partial charge in [-0.15, -0.1) is 0 Å². The number of aliphatic imine (C=N–C) groups is 1. The highest BCUT2D eigenvalue weighted by Gasteiger charge is 2.17. The number of ether oxygens (including phenoxy) is 1. The standard InChI is InChI=1S/C20H23N5O2/c21-20(22-14-16-4-2-1-3-5-16)24-23-19(25-10-12-27-13-11-25)18-8-6-17(15-26)7-9-18/h1-9,15H,10-14H2,(H3,21,22,24). The zero-order chi connectivity index (χ0) is 18.9. The first-order valence-corrected chi connectivity index (χ1v) is 8.82. The molecule has 27 heavy (non-hydrogen) atoms. The van der Waals surface area contributed by atoms with Crippen LogP contribution in [0.1, 0.15) is 21.5 Å². The lowest BCUT2D eigenvalue weighted by Gasteiger charge is -2.29. The highest BCUT2D eigenvalue weighted by molar-refractivity contribution is 6.00. The van der Waals surface area contributed by atoms with Gasteiger partial charge in [-0.3, -0.25) is 4.79 Å². The third-order valence-electron chi connectivity index (χ3n) is 4.17. The fraction of sp³-hybridized carbons (Fsp3) is 0.250. The molecule has 0 amide bonds. The number of benzene rings is 2. The van der Waals surface area contributed by atoms with Crippen LogP contribution in [-0.4, -0.2) is 49.3 Å². The van der Waals surface area contributed by atoms with Gasteiger partial charge < -0.3 is 15.4 Å². The lowest BCUT2D eigenvalue weighted by atomic mass is 10.1. The molecule has 7 nitrogen and oxygen atoms in total. The van der Waals surface area contributed by atoms with Crippen LogP contribution in [0.15, 0.2) is 64.7 Å². The quantitative estimate of drug-likeness (QED) is 0.363. The summed E-state index contributed by atoms with van der Waals surface area (Å²) in [4.78, 5) is 17.3. The molecule has 0 saturated carbocycles. The van der Waals surface area contributed by atoms with Crippen LogP contribution in [0, 0.1) is 0 Å². The fourth-order valence-electron chi connectivity index (χ4n) is 2.71. The second kappa shape index (κ2) is 9.49. The van der Waals surface area contributed by atoms with Crippen LogP contribution >= 0.6 is 0 Å². The Kier molecular flexibility index (Phi) is 6.54. The number of aldehydes is 1. The van der Waals surface area contributed by atoms with Gasteiger partial charge in [0.2, 0.25) is 5.96 Å². The first kappa shape index (κ1) is 18.6. The predicted octanol–water partition coefficient (Wildman–Crippen LogP) is 1.60. The number of nitrogens with one attached hydrogen (secondary N) is 1. The Bertz CT molecular complexity index is 797. The second-order valence-corrected chi connectivity index (χ2v) is 6.07. The SMILES string of the molecule is NC(=NCc1ccccc1)NN=C(c1ccc(C=O)cc1)N1CCOCC1. The average molecular weight is 365 g/mol. The van der Waals surface area contributed by atoms with Crippen molar-refractivity contribution in [1.29, 1.82) is 0 Å². The van der Waals surface area contributed by atoms with Crippen molar-refractivity contribution in [3.8, 4) is 0 Å². The van der Waals surface area contributed by atoms with Gasteiger partial charge in [0.05, 0.1) is 19.8 Å². The molecule has 3 rings (SSSR count). The van der Waals surface area contributed by atoms with Gasteiger partial charge in [-0.25, -0.2) is 10.4 Å². The average Bonchev–Trinajstić information content (AvgIpc) is 2.74. The number of amidine groups is 1. The van der Waals surface area contributed by atoms with Crippen molar-refractivity contribution in [1.82, 2.24) is 10.3 Å². The van der Waals surface area contributed by atoms with E-state index in [4.69, 9.17) is 10.5 Å². The molecule has 0 aliphatic carbocycles. The summed E-state index contributed by atoms with van der Waals surface area (Å²) in [6.07, 6.45) is 0.821. The Balaban J connectivity index is 1.75. The van der Waals surface area contributed by atoms with Crippen LogP contribution in [0.5, 0.6) is 0 Å². The van der Waals surface area contributed by atoms with E-state index in [9.17, 15) is 4.79 Å². The summed E-state index contributed by atoms with van der Waals surface area (Å²) in [5.74, 6) is 0.989. The van der Waals surface area contributed by atoms with E-state index in [0.717, 1.165) is 36.3 Å². The van der Waals surface area contributed by atoms with Crippen molar-refractivity contribution in [2.24, 2.45) is 15.8 Å². The number of carbonyl (C=O) groups excluding carboxylic acids is 1. The lowest BCUT2D eigenvalue weighted by Crippen LogP contribution is -2.42. The maximum absolute atomic E-state index is 10.9. The molecule has 0 unspecified atom stereocenters. The van der Waals surface area contributed by atoms with Gasteiger partial charge in [0, 0.05) is 24.2 Å². The zero-order valence-electron chi connectivity index (χ0n) is 15.0. The lowest BCUT2D eigenvalue weighted by molar-refractivity contribution is 0.0681. The van der Waals surface area contributed by atoms with E-state index < -0.39 is 0 Å². The van der Waals surface area contributed by atoms with Gasteiger partial charge in [-0.1, -0.05) is 54.6 Å². The molecule has 1 saturated heterocycles. The third-order valence-corrected chi connectivity index (χ3v) is 4.17. The first-order chi connectivity index (χ1) is 13.3. The van der Waals surface area contributed by atoms with Crippen LogP contribution in [0.3, 0.4) is 0 Å². The molecule has 1 aliphatic rings. The Morgan fingerprint density at radius 1 is 1.11 bits per heavy atom. The van der Waals surface area contributed by atoms with Gasteiger partial charge in [-0.05, 0) is 5.56 Å². The minimum Gasteiger partial charge on any atom is -0.378 e. The smallest absolute Gasteiger partial charge is 0.209 e. The third kappa shape index (κ3) is 5.39. The predicted molar refractivity (Wildman–Crippen MR) is 106 cm³/mol. The minimum absolute atomic E-state index is 0.245. The van der Waals surface area contributed by atoms with Crippen molar-refractivity contribution in [2.45, 2.75) is 6.54 Å². The molecule has 0 bridgehead atoms. The summed E-state index contributed by atoms with van der Waals surface area (Å²) in [6, 6.07) is 17.2. The molecule has 1 fully saturated rings. The summed E-state index contributed by atoms with van der Waals surface area (Å²) in [5, 5.41) is 4.48. The van der Waals surface area contributed by atoms with Crippen molar-refractivity contribution in [3.05, 3.63) is 71.3 Å². The molecule has 0 radical (unpaired) electrons. The molecule has 1 aliphatic heterocycles. The minimum atomic E-state index is 0.245. The summed E-state index contributed by atoms with van der Waals surface area (Å²) < 4.78 is 5.42. The van der Waals surface area contributed by atoms with E-state index in [-0.39, 0.29) is 5.96 Å². The number of morpholine rings is 1. The Labute approximate surface area is 158 Å². The number of carbonyl (C=O) groups is 1. The summed E-state index contributed by atoms with van der Waals surface area (Å²) >= 11 is 0. The largest absolute Gasteiger partial charge is 0.378 e. The number of nitrogens with two attached hydrogens (primary N) is 1. The van der Waals surface area contributed by atoms with Gasteiger partial charge in [0.25, 0.3) is 0 Å². The second-order valence-electron chi connectivity index (χ2n) is 6.07. The first-order valence-electron chi connectivity index (χ1n) is 8.82. The number of hydrogen-bond donors (Lipinski definition) is 2. The Hall–Kier alpha value is -3.19. The van der Waals surface area contributed by atoms with E-state index in [1.165, 1.54) is 0 Å². The monoisotopic (exact) mass is 365 g/mol. The maximum atomic E-state index is 10.9. The molecule has 1 heterocycles. The van der Waals surface area contributed by atoms with Crippen molar-refractivity contribution in [3.63, 3.8) is 0 Å². The molecule has 0 spiro atoms. The van der Waals surface area contributed by atoms with Crippen LogP contribution in [-0.2, 0) is 11.3 Å². The van der Waals surface area contributed by atoms with E-state index in [0.29, 0.717) is 25.3 Å². The van der Waals surface area contributed by atoms with Crippen LogP contribution in [0.2, 0.25) is 0 Å². The van der Waals surface area contributed by atoms with E-state index in [1.807, 2.05) is 42.5 Å². The normalized spacial score (nSPS) is 15.5. The van der Waals surface area contributed by atoms with Crippen molar-refractivity contribution >= 4 is 18.1 Å². The molecular formula is C20H23N5O2. The summed E-state index contributed by atoms with van der Waals surface area (Å²) in [7, 11) is 0. The highest BCUT2D eigenvalue weighted by Crippen LogP contribution is 2.10. The molecule has 0 atom stereocenters. The van der Waals surface area contributed by atoms with E-state index >= 15 is 0 Å². The summed E-state index contributed by atoms with van der Waals surface area (Å²) in [6.45, 7) is 3.23. The molecule has 2 aromatic carbocycles. The topological polar surface area (TPSA) is 92.3 Å². The molecule has 140 valence electrons. The molecular weight excluding hydrogens is 342 g/mol. The van der Waals surface area contributed by atoms with E-state index in [2.05, 4.69) is 20.4 Å². The number of hydrogen-bond acceptors (Lipinski definition) is 4. The summed E-state index contributed by atoms with van der Waals surface area (Å²) in [5.41, 5.74) is 11.4. The number of nitrogens with zero attached hydrogens (tertiary/aromatic N) is 3. The molecule has 0 aromatic heterocycles. The van der Waals surface area contributed by atoms with Crippen molar-refractivity contribution < 1.29 is 9.53 Å². The van der Waals surface area contributed by atoms with Crippen LogP contribution < -0.4 is 11.2 Å². The van der Waals surface area contributed by atoms with E-state index in [1.54, 1.807) is 12.1 Å². The molecule has 7 heteroatoms. The van der Waals surface area contributed by atoms with Crippen LogP contribution in [0.25, 0.3) is 0 Å². The Morgan fingerprint density at radius 3 is 2.48 bits per heavy atom. The zero-order valence-corrected chi connectivity index (χ0v) is 15.0. The van der Waals surface area contributed by atoms with Gasteiger partial charge >= 0.3 is 0 Å². The highest BCUT2D eigenvalue weighted by atomic mass is 16.5. The van der Waals surface area contributed by atoms with Gasteiger partial charge in [0.15, 0.2) is 5.84 Å². The molecule has 2 aromatic rings. The Morgan fingerprint density at radius 2 is 1.81 bits per heavy atom. The number of hydrazone groups is 1. The maximum Gasteiger partial charge on any atom is 0.209 e. The fourth-order valence-corrected chi connectivity index (χ4v) is 2.71. The van der Waals surface area contributed by atoms with Crippen molar-refractivity contribution in [2.75, 3.05) is 26.3 Å². The molecule has 3 N–H and O–H groups in total. The van der Waals surface area contributed by atoms with Gasteiger partial charge in [-0.2, -0.15) is 5.10 Å². The van der Waals surface area contributed by atoms with Crippen LogP contribution in [0.4, 0.5) is 0 Å². The number of guanidine groups is 1. The number of rotatable bonds is 5.